The molecule has 20 heavy (non-hydrogen) atoms. The van der Waals surface area contributed by atoms with Gasteiger partial charge in [-0.25, -0.2) is 9.82 Å². The van der Waals surface area contributed by atoms with Gasteiger partial charge in [0, 0.05) is 5.56 Å². The van der Waals surface area contributed by atoms with E-state index < -0.39 is 0 Å². The van der Waals surface area contributed by atoms with Crippen LogP contribution in [0.2, 0.25) is 0 Å². The summed E-state index contributed by atoms with van der Waals surface area (Å²) >= 11 is 0. The zero-order valence-electron chi connectivity index (χ0n) is 10.8. The van der Waals surface area contributed by atoms with Crippen LogP contribution in [0.15, 0.2) is 53.6 Å². The number of halogens is 1. The van der Waals surface area contributed by atoms with Crippen molar-refractivity contribution in [2.75, 3.05) is 7.11 Å². The largest absolute Gasteiger partial charge is 0.497 e. The normalized spacial score (nSPS) is 10.5. The topological polar surface area (TPSA) is 50.7 Å². The maximum Gasteiger partial charge on any atom is 0.271 e. The zero-order chi connectivity index (χ0) is 14.4. The third-order valence-corrected chi connectivity index (χ3v) is 2.60. The second-order valence-electron chi connectivity index (χ2n) is 3.98. The zero-order valence-corrected chi connectivity index (χ0v) is 10.8. The molecule has 0 fully saturated rings. The van der Waals surface area contributed by atoms with Crippen molar-refractivity contribution in [3.63, 3.8) is 0 Å². The highest BCUT2D eigenvalue weighted by Gasteiger charge is 2.03. The number of ether oxygens (including phenoxy) is 1. The van der Waals surface area contributed by atoms with Crippen LogP contribution in [-0.4, -0.2) is 19.2 Å². The van der Waals surface area contributed by atoms with Crippen molar-refractivity contribution in [1.82, 2.24) is 5.43 Å². The van der Waals surface area contributed by atoms with Crippen LogP contribution in [0.4, 0.5) is 4.39 Å². The van der Waals surface area contributed by atoms with E-state index in [1.807, 2.05) is 0 Å². The highest BCUT2D eigenvalue weighted by Crippen LogP contribution is 2.10. The molecule has 2 rings (SSSR count). The number of amides is 1. The fraction of sp³-hybridized carbons (Fsp3) is 0.0667. The Kier molecular flexibility index (Phi) is 4.44. The standard InChI is InChI=1S/C15H13FN2O2/c1-20-14-8-4-12(5-9-14)15(19)18-17-10-11-2-6-13(16)7-3-11/h2-10H,1H3,(H,18,19)/b17-10-. The van der Waals surface area contributed by atoms with E-state index in [2.05, 4.69) is 10.5 Å². The number of rotatable bonds is 4. The summed E-state index contributed by atoms with van der Waals surface area (Å²) in [4.78, 5) is 11.8. The van der Waals surface area contributed by atoms with Gasteiger partial charge in [-0.05, 0) is 42.0 Å². The smallest absolute Gasteiger partial charge is 0.271 e. The summed E-state index contributed by atoms with van der Waals surface area (Å²) in [5, 5.41) is 3.81. The van der Waals surface area contributed by atoms with E-state index in [1.54, 1.807) is 43.5 Å². The predicted molar refractivity (Wildman–Crippen MR) is 74.5 cm³/mol. The minimum Gasteiger partial charge on any atom is -0.497 e. The first-order valence-corrected chi connectivity index (χ1v) is 5.92. The summed E-state index contributed by atoms with van der Waals surface area (Å²) in [5.74, 6) is 0.0341. The number of hydrogen-bond donors (Lipinski definition) is 1. The van der Waals surface area contributed by atoms with E-state index in [4.69, 9.17) is 4.74 Å². The molecular weight excluding hydrogens is 259 g/mol. The summed E-state index contributed by atoms with van der Waals surface area (Å²) < 4.78 is 17.7. The molecule has 0 saturated carbocycles. The Balaban J connectivity index is 1.95. The molecule has 0 bridgehead atoms. The summed E-state index contributed by atoms with van der Waals surface area (Å²) in [6.07, 6.45) is 1.45. The summed E-state index contributed by atoms with van der Waals surface area (Å²) in [6.45, 7) is 0. The Morgan fingerprint density at radius 2 is 1.80 bits per heavy atom. The van der Waals surface area contributed by atoms with Crippen LogP contribution in [0.3, 0.4) is 0 Å². The monoisotopic (exact) mass is 272 g/mol. The second kappa shape index (κ2) is 6.47. The van der Waals surface area contributed by atoms with Crippen molar-refractivity contribution >= 4 is 12.1 Å². The number of hydrogen-bond acceptors (Lipinski definition) is 3. The number of benzene rings is 2. The molecule has 0 heterocycles. The van der Waals surface area contributed by atoms with Crippen LogP contribution >= 0.6 is 0 Å². The first kappa shape index (κ1) is 13.7. The summed E-state index contributed by atoms with van der Waals surface area (Å²) in [7, 11) is 1.56. The van der Waals surface area contributed by atoms with Gasteiger partial charge in [0.05, 0.1) is 13.3 Å². The van der Waals surface area contributed by atoms with Crippen LogP contribution in [0.25, 0.3) is 0 Å². The molecule has 0 spiro atoms. The third-order valence-electron chi connectivity index (χ3n) is 2.60. The maximum atomic E-state index is 12.7. The fourth-order valence-corrected chi connectivity index (χ4v) is 1.52. The number of carbonyl (C=O) groups is 1. The highest BCUT2D eigenvalue weighted by molar-refractivity contribution is 5.94. The molecule has 0 atom stereocenters. The minimum atomic E-state index is -0.328. The van der Waals surface area contributed by atoms with Gasteiger partial charge < -0.3 is 4.74 Å². The number of nitrogens with zero attached hydrogens (tertiary/aromatic N) is 1. The van der Waals surface area contributed by atoms with Crippen molar-refractivity contribution in [2.45, 2.75) is 0 Å². The molecule has 0 saturated heterocycles. The van der Waals surface area contributed by atoms with Gasteiger partial charge in [-0.15, -0.1) is 0 Å². The Morgan fingerprint density at radius 3 is 2.40 bits per heavy atom. The minimum absolute atomic E-state index is 0.315. The van der Waals surface area contributed by atoms with Gasteiger partial charge >= 0.3 is 0 Å². The van der Waals surface area contributed by atoms with Crippen LogP contribution in [0, 0.1) is 5.82 Å². The molecule has 4 nitrogen and oxygen atoms in total. The molecule has 1 amide bonds. The van der Waals surface area contributed by atoms with Crippen LogP contribution in [0.5, 0.6) is 5.75 Å². The molecule has 2 aromatic carbocycles. The Labute approximate surface area is 115 Å². The van der Waals surface area contributed by atoms with Crippen molar-refractivity contribution in [1.29, 1.82) is 0 Å². The lowest BCUT2D eigenvalue weighted by Gasteiger charge is -2.02. The number of nitrogens with one attached hydrogen (secondary N) is 1. The van der Waals surface area contributed by atoms with Gasteiger partial charge in [0.1, 0.15) is 11.6 Å². The lowest BCUT2D eigenvalue weighted by Crippen LogP contribution is -2.17. The van der Waals surface area contributed by atoms with Gasteiger partial charge in [-0.3, -0.25) is 4.79 Å². The molecule has 0 aliphatic carbocycles. The fourth-order valence-electron chi connectivity index (χ4n) is 1.52. The molecule has 0 radical (unpaired) electrons. The molecule has 2 aromatic rings. The molecule has 1 N–H and O–H groups in total. The van der Waals surface area contributed by atoms with Gasteiger partial charge in [0.2, 0.25) is 0 Å². The molecule has 0 aliphatic rings. The lowest BCUT2D eigenvalue weighted by atomic mass is 10.2. The van der Waals surface area contributed by atoms with Crippen LogP contribution in [-0.2, 0) is 0 Å². The second-order valence-corrected chi connectivity index (χ2v) is 3.98. The average Bonchev–Trinajstić information content (AvgIpc) is 2.49. The van der Waals surface area contributed by atoms with Gasteiger partial charge in [0.25, 0.3) is 5.91 Å². The molecule has 0 aromatic heterocycles. The molecule has 0 aliphatic heterocycles. The Morgan fingerprint density at radius 1 is 1.15 bits per heavy atom. The highest BCUT2D eigenvalue weighted by atomic mass is 19.1. The molecule has 102 valence electrons. The van der Waals surface area contributed by atoms with Crippen LogP contribution in [0.1, 0.15) is 15.9 Å². The van der Waals surface area contributed by atoms with E-state index >= 15 is 0 Å². The third kappa shape index (κ3) is 3.65. The van der Waals surface area contributed by atoms with E-state index in [0.717, 1.165) is 0 Å². The number of carbonyl (C=O) groups excluding carboxylic acids is 1. The van der Waals surface area contributed by atoms with E-state index in [-0.39, 0.29) is 11.7 Å². The average molecular weight is 272 g/mol. The quantitative estimate of drug-likeness (QED) is 0.687. The van der Waals surface area contributed by atoms with E-state index in [9.17, 15) is 9.18 Å². The SMILES string of the molecule is COc1ccc(C(=O)N/N=C\c2ccc(F)cc2)cc1. The predicted octanol–water partition coefficient (Wildman–Crippen LogP) is 2.60. The van der Waals surface area contributed by atoms with Crippen molar-refractivity contribution in [3.8, 4) is 5.75 Å². The number of hydrazone groups is 1. The van der Waals surface area contributed by atoms with E-state index in [0.29, 0.717) is 16.9 Å². The van der Waals surface area contributed by atoms with Gasteiger partial charge in [0.15, 0.2) is 0 Å². The Bertz CT molecular complexity index is 607. The van der Waals surface area contributed by atoms with Crippen LogP contribution < -0.4 is 10.2 Å². The summed E-state index contributed by atoms with van der Waals surface area (Å²) in [5.41, 5.74) is 3.57. The van der Waals surface area contributed by atoms with E-state index in [1.165, 1.54) is 18.3 Å². The van der Waals surface area contributed by atoms with Gasteiger partial charge in [-0.1, -0.05) is 12.1 Å². The molecule has 0 unspecified atom stereocenters. The number of methoxy groups -OCH3 is 1. The van der Waals surface area contributed by atoms with Crippen molar-refractivity contribution < 1.29 is 13.9 Å². The molecular formula is C15H13FN2O2. The first-order valence-electron chi connectivity index (χ1n) is 5.92. The van der Waals surface area contributed by atoms with Crippen molar-refractivity contribution in [2.24, 2.45) is 5.10 Å². The molecule has 5 heteroatoms. The first-order chi connectivity index (χ1) is 9.69. The maximum absolute atomic E-state index is 12.7. The van der Waals surface area contributed by atoms with Gasteiger partial charge in [-0.2, -0.15) is 5.10 Å². The lowest BCUT2D eigenvalue weighted by molar-refractivity contribution is 0.0955. The van der Waals surface area contributed by atoms with Crippen molar-refractivity contribution in [3.05, 3.63) is 65.5 Å². The summed E-state index contributed by atoms with van der Waals surface area (Å²) in [6, 6.07) is 12.5. The Hall–Kier alpha value is -2.69.